The van der Waals surface area contributed by atoms with E-state index in [0.29, 0.717) is 39.9 Å². The summed E-state index contributed by atoms with van der Waals surface area (Å²) >= 11 is 3.54. The molecule has 0 radical (unpaired) electrons. The number of hydrogen-bond acceptors (Lipinski definition) is 8. The molecule has 14 heteroatoms. The number of sulfone groups is 1. The van der Waals surface area contributed by atoms with Crippen LogP contribution in [0.3, 0.4) is 0 Å². The Morgan fingerprint density at radius 3 is 2.29 bits per heavy atom. The van der Waals surface area contributed by atoms with Gasteiger partial charge < -0.3 is 14.6 Å². The normalized spacial score (nSPS) is 17.7. The van der Waals surface area contributed by atoms with Crippen molar-refractivity contribution in [1.82, 2.24) is 10.9 Å². The molecule has 4 aromatic carbocycles. The Kier molecular flexibility index (Phi) is 11.4. The number of rotatable bonds is 14. The first kappa shape index (κ1) is 36.1. The standard InChI is InChI=1S/C35H33BrF3N3O6S/c36-30-10-5-4-9-29(30)31-34(19-22-49(45,46)28-7-2-1-3-8-28,33(44)42-40-23-24-11-15-26(16-12-24)35(37,38)39)41-32(48-31)25-13-17-27(18-14-25)47-21-6-20-43/h1-5,7-18,31,40,43H,6,19-23H2,(H,42,44)/t31-,34-/m0/s1. The third-order valence-corrected chi connectivity index (χ3v) is 10.3. The molecule has 0 spiro atoms. The summed E-state index contributed by atoms with van der Waals surface area (Å²) in [5, 5.41) is 9.04. The zero-order valence-electron chi connectivity index (χ0n) is 26.0. The van der Waals surface area contributed by atoms with E-state index >= 15 is 0 Å². The van der Waals surface area contributed by atoms with Gasteiger partial charge >= 0.3 is 6.18 Å². The van der Waals surface area contributed by atoms with Gasteiger partial charge in [0.05, 0.1) is 22.8 Å². The number of nitrogens with one attached hydrogen (secondary N) is 2. The number of hydrazine groups is 1. The topological polar surface area (TPSA) is 126 Å². The van der Waals surface area contributed by atoms with Crippen LogP contribution in [-0.4, -0.2) is 49.8 Å². The number of hydrogen-bond donors (Lipinski definition) is 3. The van der Waals surface area contributed by atoms with Crippen LogP contribution in [0.1, 0.15) is 41.2 Å². The first-order valence-corrected chi connectivity index (χ1v) is 17.7. The Bertz CT molecular complexity index is 1880. The predicted octanol–water partition coefficient (Wildman–Crippen LogP) is 6.17. The Morgan fingerprint density at radius 1 is 0.959 bits per heavy atom. The van der Waals surface area contributed by atoms with Gasteiger partial charge in [-0.2, -0.15) is 13.2 Å². The van der Waals surface area contributed by atoms with Crippen molar-refractivity contribution in [2.45, 2.75) is 42.1 Å². The van der Waals surface area contributed by atoms with Crippen LogP contribution < -0.4 is 15.6 Å². The van der Waals surface area contributed by atoms with Gasteiger partial charge in [0.25, 0.3) is 5.91 Å². The predicted molar refractivity (Wildman–Crippen MR) is 180 cm³/mol. The van der Waals surface area contributed by atoms with E-state index < -0.39 is 44.9 Å². The van der Waals surface area contributed by atoms with Crippen LogP contribution in [0.25, 0.3) is 0 Å². The molecule has 0 bridgehead atoms. The molecular weight excluding hydrogens is 727 g/mol. The van der Waals surface area contributed by atoms with E-state index in [1.165, 1.54) is 24.3 Å². The molecule has 0 saturated carbocycles. The summed E-state index contributed by atoms with van der Waals surface area (Å²) in [4.78, 5) is 19.2. The van der Waals surface area contributed by atoms with E-state index in [0.717, 1.165) is 12.1 Å². The summed E-state index contributed by atoms with van der Waals surface area (Å²) in [5.41, 5.74) is 4.27. The van der Waals surface area contributed by atoms with Crippen molar-refractivity contribution in [3.8, 4) is 5.75 Å². The highest BCUT2D eigenvalue weighted by Gasteiger charge is 2.54. The minimum absolute atomic E-state index is 0.0114. The lowest BCUT2D eigenvalue weighted by atomic mass is 9.85. The largest absolute Gasteiger partial charge is 0.494 e. The Balaban J connectivity index is 1.49. The highest BCUT2D eigenvalue weighted by atomic mass is 79.9. The van der Waals surface area contributed by atoms with Crippen molar-refractivity contribution >= 4 is 37.6 Å². The van der Waals surface area contributed by atoms with Gasteiger partial charge in [0, 0.05) is 41.6 Å². The van der Waals surface area contributed by atoms with Crippen molar-refractivity contribution in [2.24, 2.45) is 4.99 Å². The van der Waals surface area contributed by atoms with Crippen molar-refractivity contribution in [1.29, 1.82) is 0 Å². The van der Waals surface area contributed by atoms with Gasteiger partial charge in [-0.1, -0.05) is 64.5 Å². The Labute approximate surface area is 290 Å². The van der Waals surface area contributed by atoms with E-state index in [1.54, 1.807) is 66.7 Å². The smallest absolute Gasteiger partial charge is 0.416 e. The van der Waals surface area contributed by atoms with Crippen molar-refractivity contribution in [3.05, 3.63) is 130 Å². The molecule has 3 N–H and O–H groups in total. The molecule has 0 fully saturated rings. The van der Waals surface area contributed by atoms with Gasteiger partial charge in [-0.25, -0.2) is 18.8 Å². The second kappa shape index (κ2) is 15.5. The van der Waals surface area contributed by atoms with Crippen LogP contribution >= 0.6 is 15.9 Å². The van der Waals surface area contributed by atoms with Gasteiger partial charge in [-0.3, -0.25) is 10.2 Å². The van der Waals surface area contributed by atoms with E-state index in [2.05, 4.69) is 26.8 Å². The van der Waals surface area contributed by atoms with Crippen molar-refractivity contribution in [3.63, 3.8) is 0 Å². The van der Waals surface area contributed by atoms with Crippen LogP contribution in [0.15, 0.2) is 117 Å². The lowest BCUT2D eigenvalue weighted by molar-refractivity contribution is -0.137. The molecule has 2 atom stereocenters. The van der Waals surface area contributed by atoms with E-state index in [-0.39, 0.29) is 30.4 Å². The van der Waals surface area contributed by atoms with Gasteiger partial charge in [-0.15, -0.1) is 0 Å². The Hall–Kier alpha value is -4.24. The number of amides is 1. The van der Waals surface area contributed by atoms with E-state index in [4.69, 9.17) is 19.6 Å². The number of ether oxygens (including phenoxy) is 2. The molecule has 5 rings (SSSR count). The fourth-order valence-electron chi connectivity index (χ4n) is 5.22. The molecule has 4 aromatic rings. The lowest BCUT2D eigenvalue weighted by Gasteiger charge is -2.31. The molecule has 0 saturated heterocycles. The van der Waals surface area contributed by atoms with Crippen molar-refractivity contribution < 1.29 is 41.0 Å². The number of alkyl halides is 3. The molecule has 9 nitrogen and oxygen atoms in total. The second-order valence-corrected chi connectivity index (χ2v) is 14.2. The number of benzene rings is 4. The molecule has 0 aromatic heterocycles. The first-order valence-electron chi connectivity index (χ1n) is 15.3. The maximum Gasteiger partial charge on any atom is 0.416 e. The zero-order valence-corrected chi connectivity index (χ0v) is 28.4. The monoisotopic (exact) mass is 759 g/mol. The maximum atomic E-state index is 14.3. The SMILES string of the molecule is O=C(NNCc1ccc(C(F)(F)F)cc1)[C@@]1(CCS(=O)(=O)c2ccccc2)N=C(c2ccc(OCCCO)cc2)O[C@H]1c1ccccc1Br. The molecule has 258 valence electrons. The van der Waals surface area contributed by atoms with Crippen LogP contribution in [-0.2, 0) is 32.1 Å². The van der Waals surface area contributed by atoms with Crippen molar-refractivity contribution in [2.75, 3.05) is 19.0 Å². The highest BCUT2D eigenvalue weighted by Crippen LogP contribution is 2.45. The summed E-state index contributed by atoms with van der Waals surface area (Å²) in [6.45, 7) is 0.273. The van der Waals surface area contributed by atoms with Gasteiger partial charge in [0.1, 0.15) is 5.75 Å². The molecule has 49 heavy (non-hydrogen) atoms. The molecule has 1 amide bonds. The molecular formula is C35H33BrF3N3O6S. The quantitative estimate of drug-likeness (QED) is 0.104. The second-order valence-electron chi connectivity index (χ2n) is 11.2. The number of aliphatic hydroxyl groups excluding tert-OH is 1. The van der Waals surface area contributed by atoms with Gasteiger partial charge in [-0.05, 0) is 60.2 Å². The average molecular weight is 761 g/mol. The average Bonchev–Trinajstić information content (AvgIpc) is 3.49. The lowest BCUT2D eigenvalue weighted by Crippen LogP contribution is -2.53. The zero-order chi connectivity index (χ0) is 35.1. The van der Waals surface area contributed by atoms with Crippen LogP contribution in [0.5, 0.6) is 5.75 Å². The maximum absolute atomic E-state index is 14.3. The van der Waals surface area contributed by atoms with Gasteiger partial charge in [0.15, 0.2) is 21.5 Å². The number of carbonyl (C=O) groups excluding carboxylic acids is 1. The molecule has 1 aliphatic heterocycles. The van der Waals surface area contributed by atoms with Crippen LogP contribution in [0.4, 0.5) is 13.2 Å². The minimum Gasteiger partial charge on any atom is -0.494 e. The summed E-state index contributed by atoms with van der Waals surface area (Å²) in [7, 11) is -3.88. The number of nitrogens with zero attached hydrogens (tertiary/aromatic N) is 1. The summed E-state index contributed by atoms with van der Waals surface area (Å²) in [6.07, 6.45) is -5.39. The third-order valence-electron chi connectivity index (χ3n) is 7.85. The van der Waals surface area contributed by atoms with Crippen LogP contribution in [0, 0.1) is 0 Å². The highest BCUT2D eigenvalue weighted by molar-refractivity contribution is 9.10. The number of aliphatic hydroxyl groups is 1. The van der Waals surface area contributed by atoms with Crippen LogP contribution in [0.2, 0.25) is 0 Å². The number of aliphatic imine (C=N–C) groups is 1. The minimum atomic E-state index is -4.49. The number of halogens is 4. The fourth-order valence-corrected chi connectivity index (χ4v) is 7.10. The van der Waals surface area contributed by atoms with E-state index in [9.17, 15) is 26.4 Å². The summed E-state index contributed by atoms with van der Waals surface area (Å²) in [5.74, 6) is -0.522. The molecule has 1 aliphatic rings. The third kappa shape index (κ3) is 8.68. The molecule has 0 aliphatic carbocycles. The molecule has 1 heterocycles. The fraction of sp³-hybridized carbons (Fsp3) is 0.257. The van der Waals surface area contributed by atoms with E-state index in [1.807, 2.05) is 0 Å². The number of carbonyl (C=O) groups is 1. The summed E-state index contributed by atoms with van der Waals surface area (Å²) in [6, 6.07) is 26.2. The Morgan fingerprint density at radius 2 is 1.63 bits per heavy atom. The molecule has 0 unspecified atom stereocenters. The van der Waals surface area contributed by atoms with Gasteiger partial charge in [0.2, 0.25) is 5.90 Å². The first-order chi connectivity index (χ1) is 23.4. The summed E-state index contributed by atoms with van der Waals surface area (Å²) < 4.78 is 78.8.